The Hall–Kier alpha value is -3.50. The molecule has 0 radical (unpaired) electrons. The van der Waals surface area contributed by atoms with Crippen molar-refractivity contribution < 1.29 is 23.1 Å². The number of ether oxygens (including phenoxy) is 1. The maximum atomic E-state index is 13.8. The van der Waals surface area contributed by atoms with Crippen molar-refractivity contribution in [3.63, 3.8) is 0 Å². The first-order valence-corrected chi connectivity index (χ1v) is 13.5. The predicted octanol–water partition coefficient (Wildman–Crippen LogP) is 3.76. The molecule has 5 N–H and O–H groups in total. The number of primary amides is 1. The van der Waals surface area contributed by atoms with E-state index in [9.17, 15) is 9.36 Å². The summed E-state index contributed by atoms with van der Waals surface area (Å²) < 4.78 is 33.0. The monoisotopic (exact) mass is 526 g/mol. The third-order valence-electron chi connectivity index (χ3n) is 5.63. The lowest BCUT2D eigenvalue weighted by Crippen LogP contribution is -2.39. The van der Waals surface area contributed by atoms with Crippen LogP contribution in [0.4, 0.5) is 5.82 Å². The maximum Gasteiger partial charge on any atom is 0.459 e. The molecule has 0 unspecified atom stereocenters. The number of fused-ring (bicyclic) bond motifs is 3. The third kappa shape index (κ3) is 6.08. The smallest absolute Gasteiger partial charge is 0.413 e. The highest BCUT2D eigenvalue weighted by molar-refractivity contribution is 7.52. The van der Waals surface area contributed by atoms with Crippen LogP contribution in [0.15, 0.2) is 54.6 Å². The van der Waals surface area contributed by atoms with Gasteiger partial charge in [-0.2, -0.15) is 5.09 Å². The van der Waals surface area contributed by atoms with Gasteiger partial charge < -0.3 is 25.3 Å². The minimum Gasteiger partial charge on any atom is -0.413 e. The summed E-state index contributed by atoms with van der Waals surface area (Å²) in [6.07, 6.45) is -0.659. The minimum atomic E-state index is -4.03. The first-order valence-electron chi connectivity index (χ1n) is 11.9. The van der Waals surface area contributed by atoms with Crippen LogP contribution in [-0.2, 0) is 31.8 Å². The van der Waals surface area contributed by atoms with Crippen LogP contribution in [0.25, 0.3) is 21.9 Å². The van der Waals surface area contributed by atoms with Gasteiger partial charge in [0.25, 0.3) is 0 Å². The molecule has 37 heavy (non-hydrogen) atoms. The largest absolute Gasteiger partial charge is 0.459 e. The van der Waals surface area contributed by atoms with Crippen molar-refractivity contribution >= 4 is 41.4 Å². The van der Waals surface area contributed by atoms with E-state index in [2.05, 4.69) is 10.1 Å². The van der Waals surface area contributed by atoms with E-state index in [0.717, 1.165) is 16.4 Å². The van der Waals surface area contributed by atoms with Gasteiger partial charge in [0.2, 0.25) is 5.91 Å². The molecule has 1 amide bonds. The molecular weight excluding hydrogens is 495 g/mol. The lowest BCUT2D eigenvalue weighted by Gasteiger charge is -2.26. The number of carbonyl (C=O) groups is 1. The topological polar surface area (TPSA) is 157 Å². The number of imidazole rings is 1. The molecule has 0 bridgehead atoms. The van der Waals surface area contributed by atoms with E-state index in [1.54, 1.807) is 37.3 Å². The Balaban J connectivity index is 1.71. The number of hydrogen-bond acceptors (Lipinski definition) is 8. The Morgan fingerprint density at radius 3 is 2.51 bits per heavy atom. The van der Waals surface area contributed by atoms with E-state index in [0.29, 0.717) is 29.5 Å². The molecule has 0 aliphatic carbocycles. The molecular formula is C25H31N6O5P. The van der Waals surface area contributed by atoms with E-state index < -0.39 is 25.8 Å². The number of nitrogen functional groups attached to an aromatic ring is 1. The maximum absolute atomic E-state index is 13.8. The van der Waals surface area contributed by atoms with Gasteiger partial charge in [0.05, 0.1) is 29.7 Å². The van der Waals surface area contributed by atoms with Gasteiger partial charge in [0, 0.05) is 12.0 Å². The highest BCUT2D eigenvalue weighted by Gasteiger charge is 2.33. The number of nitrogens with two attached hydrogens (primary N) is 2. The summed E-state index contributed by atoms with van der Waals surface area (Å²) in [5.74, 6) is 0.544. The highest BCUT2D eigenvalue weighted by Crippen LogP contribution is 2.46. The van der Waals surface area contributed by atoms with Crippen LogP contribution in [-0.4, -0.2) is 39.2 Å². The Morgan fingerprint density at radius 2 is 1.81 bits per heavy atom. The van der Waals surface area contributed by atoms with Crippen molar-refractivity contribution in [2.24, 2.45) is 5.73 Å². The molecule has 0 saturated carbocycles. The average Bonchev–Trinajstić information content (AvgIpc) is 3.21. The molecule has 0 spiro atoms. The molecule has 4 rings (SSSR count). The normalized spacial score (nSPS) is 14.9. The molecule has 3 atom stereocenters. The number of hydrogen-bond donors (Lipinski definition) is 3. The van der Waals surface area contributed by atoms with Crippen molar-refractivity contribution in [2.75, 3.05) is 12.3 Å². The Labute approximate surface area is 214 Å². The summed E-state index contributed by atoms with van der Waals surface area (Å²) >= 11 is 0. The van der Waals surface area contributed by atoms with Crippen molar-refractivity contribution in [3.05, 3.63) is 60.4 Å². The zero-order valence-electron chi connectivity index (χ0n) is 21.0. The number of carbonyl (C=O) groups excluding carboxylic acids is 1. The number of anilines is 1. The third-order valence-corrected chi connectivity index (χ3v) is 7.42. The van der Waals surface area contributed by atoms with Crippen molar-refractivity contribution in [2.45, 2.75) is 46.1 Å². The predicted molar refractivity (Wildman–Crippen MR) is 142 cm³/mol. The molecule has 0 aliphatic rings. The number of aromatic nitrogens is 3. The van der Waals surface area contributed by atoms with Gasteiger partial charge >= 0.3 is 7.75 Å². The number of nitrogens with one attached hydrogen (secondary N) is 1. The van der Waals surface area contributed by atoms with Gasteiger partial charge in [-0.05, 0) is 39.0 Å². The summed E-state index contributed by atoms with van der Waals surface area (Å²) in [7, 11) is -4.03. The Bertz CT molecular complexity index is 1440. The van der Waals surface area contributed by atoms with Gasteiger partial charge in [-0.1, -0.05) is 36.4 Å². The number of rotatable bonds is 12. The first kappa shape index (κ1) is 26.6. The fraction of sp³-hybridized carbons (Fsp3) is 0.320. The molecule has 0 saturated heterocycles. The second-order valence-electron chi connectivity index (χ2n) is 8.56. The number of pyridine rings is 1. The van der Waals surface area contributed by atoms with Gasteiger partial charge in [0.15, 0.2) is 5.82 Å². The van der Waals surface area contributed by atoms with E-state index in [1.807, 2.05) is 35.8 Å². The molecule has 2 heterocycles. The van der Waals surface area contributed by atoms with Crippen LogP contribution in [0.5, 0.6) is 5.75 Å². The van der Waals surface area contributed by atoms with Crippen LogP contribution in [0.3, 0.4) is 0 Å². The summed E-state index contributed by atoms with van der Waals surface area (Å²) in [5.41, 5.74) is 13.7. The van der Waals surface area contributed by atoms with Crippen LogP contribution in [0.1, 0.15) is 26.6 Å². The summed E-state index contributed by atoms with van der Waals surface area (Å²) in [5, 5.41) is 3.49. The second kappa shape index (κ2) is 11.3. The zero-order chi connectivity index (χ0) is 26.6. The van der Waals surface area contributed by atoms with Crippen molar-refractivity contribution in [1.29, 1.82) is 0 Å². The standard InChI is InChI=1S/C25H31N6O5P/c1-4-34-15-21-29-22-23(19-12-8-9-13-20(19)28-24(22)26)31(21)14-16(2)35-37(33,30-17(3)25(27)32)36-18-10-6-5-7-11-18/h5-13,16-17H,4,14-15H2,1-3H3,(H2,26,28)(H2,27,32)(H,30,33)/t16-,17+,37-/m1/s1. The van der Waals surface area contributed by atoms with Crippen molar-refractivity contribution in [1.82, 2.24) is 19.6 Å². The van der Waals surface area contributed by atoms with E-state index in [-0.39, 0.29) is 13.2 Å². The Kier molecular flexibility index (Phi) is 8.09. The molecule has 0 fully saturated rings. The zero-order valence-corrected chi connectivity index (χ0v) is 21.9. The molecule has 2 aromatic heterocycles. The number of benzene rings is 2. The van der Waals surface area contributed by atoms with Gasteiger partial charge in [-0.3, -0.25) is 9.32 Å². The van der Waals surface area contributed by atoms with Gasteiger partial charge in [-0.15, -0.1) is 0 Å². The lowest BCUT2D eigenvalue weighted by molar-refractivity contribution is -0.119. The molecule has 196 valence electrons. The van der Waals surface area contributed by atoms with Crippen LogP contribution >= 0.6 is 7.75 Å². The highest BCUT2D eigenvalue weighted by atomic mass is 31.2. The molecule has 12 heteroatoms. The lowest BCUT2D eigenvalue weighted by atomic mass is 10.2. The van der Waals surface area contributed by atoms with Gasteiger partial charge in [-0.25, -0.2) is 14.5 Å². The van der Waals surface area contributed by atoms with Gasteiger partial charge in [0.1, 0.15) is 23.7 Å². The van der Waals surface area contributed by atoms with Crippen LogP contribution in [0, 0.1) is 0 Å². The van der Waals surface area contributed by atoms with E-state index in [1.165, 1.54) is 6.92 Å². The van der Waals surface area contributed by atoms with E-state index in [4.69, 9.17) is 30.2 Å². The number of nitrogens with zero attached hydrogens (tertiary/aromatic N) is 3. The number of amides is 1. The van der Waals surface area contributed by atoms with Crippen molar-refractivity contribution in [3.8, 4) is 5.75 Å². The fourth-order valence-electron chi connectivity index (χ4n) is 3.93. The second-order valence-corrected chi connectivity index (χ2v) is 10.2. The minimum absolute atomic E-state index is 0.237. The SMILES string of the molecule is CCOCc1nc2c(N)nc3ccccc3c2n1C[C@@H](C)O[P@](=O)(N[C@@H](C)C(N)=O)Oc1ccccc1. The molecule has 2 aromatic carbocycles. The molecule has 11 nitrogen and oxygen atoms in total. The molecule has 4 aromatic rings. The fourth-order valence-corrected chi connectivity index (χ4v) is 5.63. The summed E-state index contributed by atoms with van der Waals surface area (Å²) in [4.78, 5) is 20.9. The average molecular weight is 527 g/mol. The quantitative estimate of drug-likeness (QED) is 0.234. The first-order chi connectivity index (χ1) is 17.7. The van der Waals surface area contributed by atoms with Crippen LogP contribution in [0.2, 0.25) is 0 Å². The summed E-state index contributed by atoms with van der Waals surface area (Å²) in [6, 6.07) is 15.2. The summed E-state index contributed by atoms with van der Waals surface area (Å²) in [6.45, 7) is 6.11. The Morgan fingerprint density at radius 1 is 1.11 bits per heavy atom. The van der Waals surface area contributed by atoms with E-state index >= 15 is 0 Å². The van der Waals surface area contributed by atoms with Crippen LogP contribution < -0.4 is 21.1 Å². The molecule has 0 aliphatic heterocycles. The number of para-hydroxylation sites is 2.